The van der Waals surface area contributed by atoms with E-state index in [1.165, 1.54) is 0 Å². The summed E-state index contributed by atoms with van der Waals surface area (Å²) in [5, 5.41) is 9.48. The molecule has 2 atom stereocenters. The first-order chi connectivity index (χ1) is 9.92. The van der Waals surface area contributed by atoms with Gasteiger partial charge in [-0.15, -0.1) is 0 Å². The minimum absolute atomic E-state index is 0.109. The van der Waals surface area contributed by atoms with Gasteiger partial charge in [-0.25, -0.2) is 4.98 Å². The quantitative estimate of drug-likeness (QED) is 0.903. The number of hydrogen-bond acceptors (Lipinski definition) is 5. The van der Waals surface area contributed by atoms with Gasteiger partial charge in [-0.3, -0.25) is 4.79 Å². The van der Waals surface area contributed by atoms with Gasteiger partial charge in [0.2, 0.25) is 5.76 Å². The number of aliphatic hydroxyl groups is 1. The van der Waals surface area contributed by atoms with Crippen molar-refractivity contribution in [2.75, 3.05) is 33.8 Å². The van der Waals surface area contributed by atoms with Gasteiger partial charge in [0.25, 0.3) is 5.91 Å². The Balaban J connectivity index is 2.21. The Morgan fingerprint density at radius 1 is 1.38 bits per heavy atom. The summed E-state index contributed by atoms with van der Waals surface area (Å²) in [6, 6.07) is 0.301. The second-order valence-corrected chi connectivity index (χ2v) is 6.10. The molecular weight excluding hydrogens is 270 g/mol. The fraction of sp³-hybridized carbons (Fsp3) is 0.733. The zero-order valence-corrected chi connectivity index (χ0v) is 13.3. The molecule has 1 aromatic rings. The molecule has 0 aliphatic carbocycles. The molecule has 1 saturated heterocycles. The SMILES string of the molecule is Cc1nc(C)c(C(=O)N2C[C@@H](CO)CC[C@@H](N(C)C)C2)o1. The van der Waals surface area contributed by atoms with Crippen molar-refractivity contribution >= 4 is 5.91 Å². The van der Waals surface area contributed by atoms with Crippen LogP contribution < -0.4 is 0 Å². The Morgan fingerprint density at radius 2 is 2.10 bits per heavy atom. The summed E-state index contributed by atoms with van der Waals surface area (Å²) in [5.41, 5.74) is 0.628. The van der Waals surface area contributed by atoms with Crippen LogP contribution in [-0.2, 0) is 0 Å². The van der Waals surface area contributed by atoms with E-state index in [4.69, 9.17) is 4.42 Å². The molecule has 1 aliphatic rings. The van der Waals surface area contributed by atoms with Crippen molar-refractivity contribution in [1.82, 2.24) is 14.8 Å². The number of nitrogens with zero attached hydrogens (tertiary/aromatic N) is 3. The average Bonchev–Trinajstić information content (AvgIpc) is 2.65. The Morgan fingerprint density at radius 3 is 2.62 bits per heavy atom. The third-order valence-electron chi connectivity index (χ3n) is 4.19. The smallest absolute Gasteiger partial charge is 0.291 e. The minimum Gasteiger partial charge on any atom is -0.436 e. The van der Waals surface area contributed by atoms with Crippen molar-refractivity contribution in [3.8, 4) is 0 Å². The lowest BCUT2D eigenvalue weighted by molar-refractivity contribution is 0.0655. The Labute approximate surface area is 125 Å². The number of amides is 1. The van der Waals surface area contributed by atoms with Crippen LogP contribution in [0.25, 0.3) is 0 Å². The lowest BCUT2D eigenvalue weighted by Crippen LogP contribution is -2.42. The number of oxazole rings is 1. The summed E-state index contributed by atoms with van der Waals surface area (Å²) in [4.78, 5) is 20.8. The van der Waals surface area contributed by atoms with Crippen molar-refractivity contribution in [3.63, 3.8) is 0 Å². The molecule has 0 unspecified atom stereocenters. The van der Waals surface area contributed by atoms with Crippen LogP contribution in [0.5, 0.6) is 0 Å². The highest BCUT2D eigenvalue weighted by molar-refractivity contribution is 5.92. The molecule has 2 heterocycles. The van der Waals surface area contributed by atoms with Gasteiger partial charge in [-0.05, 0) is 39.8 Å². The summed E-state index contributed by atoms with van der Waals surface area (Å²) in [6.45, 7) is 4.86. The number of aliphatic hydroxyl groups excluding tert-OH is 1. The van der Waals surface area contributed by atoms with Gasteiger partial charge >= 0.3 is 0 Å². The van der Waals surface area contributed by atoms with Crippen molar-refractivity contribution in [3.05, 3.63) is 17.3 Å². The fourth-order valence-electron chi connectivity index (χ4n) is 2.86. The van der Waals surface area contributed by atoms with E-state index >= 15 is 0 Å². The highest BCUT2D eigenvalue weighted by Crippen LogP contribution is 2.22. The lowest BCUT2D eigenvalue weighted by Gasteiger charge is -2.28. The molecule has 118 valence electrons. The summed E-state index contributed by atoms with van der Waals surface area (Å²) >= 11 is 0. The molecule has 0 radical (unpaired) electrons. The topological polar surface area (TPSA) is 69.8 Å². The number of aryl methyl sites for hydroxylation is 2. The first kappa shape index (κ1) is 16.0. The van der Waals surface area contributed by atoms with E-state index in [9.17, 15) is 9.90 Å². The third kappa shape index (κ3) is 3.63. The number of carbonyl (C=O) groups is 1. The number of likely N-dealkylation sites (tertiary alicyclic amines) is 1. The van der Waals surface area contributed by atoms with Gasteiger partial charge in [0, 0.05) is 32.7 Å². The van der Waals surface area contributed by atoms with Crippen LogP contribution in [0.4, 0.5) is 0 Å². The number of carbonyl (C=O) groups excluding carboxylic acids is 1. The van der Waals surface area contributed by atoms with Crippen LogP contribution in [0.1, 0.15) is 35.0 Å². The maximum atomic E-state index is 12.7. The first-order valence-corrected chi connectivity index (χ1v) is 7.43. The Kier molecular flexibility index (Phi) is 5.00. The van der Waals surface area contributed by atoms with Crippen molar-refractivity contribution < 1.29 is 14.3 Å². The number of hydrogen-bond donors (Lipinski definition) is 1. The molecule has 1 amide bonds. The van der Waals surface area contributed by atoms with Crippen molar-refractivity contribution in [1.29, 1.82) is 0 Å². The van der Waals surface area contributed by atoms with E-state index in [2.05, 4.69) is 9.88 Å². The first-order valence-electron chi connectivity index (χ1n) is 7.43. The molecule has 6 nitrogen and oxygen atoms in total. The van der Waals surface area contributed by atoms with Crippen LogP contribution in [0, 0.1) is 19.8 Å². The predicted octanol–water partition coefficient (Wildman–Crippen LogP) is 1.07. The van der Waals surface area contributed by atoms with E-state index in [-0.39, 0.29) is 18.4 Å². The van der Waals surface area contributed by atoms with Gasteiger partial charge in [0.1, 0.15) is 0 Å². The third-order valence-corrected chi connectivity index (χ3v) is 4.19. The van der Waals surface area contributed by atoms with Gasteiger partial charge in [0.05, 0.1) is 5.69 Å². The molecule has 1 fully saturated rings. The number of aromatic nitrogens is 1. The highest BCUT2D eigenvalue weighted by atomic mass is 16.4. The minimum atomic E-state index is -0.125. The second kappa shape index (κ2) is 6.58. The lowest BCUT2D eigenvalue weighted by atomic mass is 10.0. The second-order valence-electron chi connectivity index (χ2n) is 6.10. The van der Waals surface area contributed by atoms with E-state index < -0.39 is 0 Å². The van der Waals surface area contributed by atoms with Crippen LogP contribution in [0.2, 0.25) is 0 Å². The molecule has 1 aliphatic heterocycles. The monoisotopic (exact) mass is 295 g/mol. The molecule has 0 spiro atoms. The predicted molar refractivity (Wildman–Crippen MR) is 79.2 cm³/mol. The zero-order chi connectivity index (χ0) is 15.6. The highest BCUT2D eigenvalue weighted by Gasteiger charge is 2.30. The standard InChI is InChI=1S/C15H25N3O3/c1-10-14(21-11(2)16-10)15(20)18-7-12(9-19)5-6-13(8-18)17(3)4/h12-13,19H,5-9H2,1-4H3/t12-,13+/m0/s1. The Hall–Kier alpha value is -1.40. The van der Waals surface area contributed by atoms with E-state index in [1.54, 1.807) is 18.7 Å². The van der Waals surface area contributed by atoms with Crippen LogP contribution in [0.15, 0.2) is 4.42 Å². The maximum absolute atomic E-state index is 12.7. The van der Waals surface area contributed by atoms with Gasteiger partial charge in [0.15, 0.2) is 5.89 Å². The summed E-state index contributed by atoms with van der Waals surface area (Å²) < 4.78 is 5.46. The van der Waals surface area contributed by atoms with Gasteiger partial charge < -0.3 is 19.3 Å². The summed E-state index contributed by atoms with van der Waals surface area (Å²) in [7, 11) is 4.05. The van der Waals surface area contributed by atoms with E-state index in [0.29, 0.717) is 36.5 Å². The van der Waals surface area contributed by atoms with Gasteiger partial charge in [-0.1, -0.05) is 0 Å². The summed E-state index contributed by atoms with van der Waals surface area (Å²) in [6.07, 6.45) is 1.91. The largest absolute Gasteiger partial charge is 0.436 e. The Bertz CT molecular complexity index is 498. The van der Waals surface area contributed by atoms with Crippen LogP contribution in [0.3, 0.4) is 0 Å². The molecular formula is C15H25N3O3. The molecule has 0 bridgehead atoms. The van der Waals surface area contributed by atoms with Crippen LogP contribution >= 0.6 is 0 Å². The molecule has 1 aromatic heterocycles. The average molecular weight is 295 g/mol. The summed E-state index contributed by atoms with van der Waals surface area (Å²) in [5.74, 6) is 0.834. The molecule has 21 heavy (non-hydrogen) atoms. The van der Waals surface area contributed by atoms with E-state index in [1.807, 2.05) is 14.1 Å². The van der Waals surface area contributed by atoms with Crippen molar-refractivity contribution in [2.45, 2.75) is 32.7 Å². The molecule has 0 saturated carbocycles. The molecule has 2 rings (SSSR count). The normalized spacial score (nSPS) is 23.4. The molecule has 6 heteroatoms. The van der Waals surface area contributed by atoms with Gasteiger partial charge in [-0.2, -0.15) is 0 Å². The fourth-order valence-corrected chi connectivity index (χ4v) is 2.86. The molecule has 0 aromatic carbocycles. The number of likely N-dealkylation sites (N-methyl/N-ethyl adjacent to an activating group) is 1. The maximum Gasteiger partial charge on any atom is 0.291 e. The van der Waals surface area contributed by atoms with Crippen molar-refractivity contribution in [2.24, 2.45) is 5.92 Å². The number of rotatable bonds is 3. The molecule has 1 N–H and O–H groups in total. The van der Waals surface area contributed by atoms with Crippen LogP contribution in [-0.4, -0.2) is 65.6 Å². The van der Waals surface area contributed by atoms with E-state index in [0.717, 1.165) is 12.8 Å². The zero-order valence-electron chi connectivity index (χ0n) is 13.3.